The van der Waals surface area contributed by atoms with E-state index in [9.17, 15) is 0 Å². The molecule has 0 aromatic carbocycles. The molecule has 1 heterocycles. The summed E-state index contributed by atoms with van der Waals surface area (Å²) in [5, 5.41) is 0. The third-order valence-corrected chi connectivity index (χ3v) is 7.51. The van der Waals surface area contributed by atoms with E-state index in [4.69, 9.17) is 4.43 Å². The summed E-state index contributed by atoms with van der Waals surface area (Å²) in [5.41, 5.74) is 0. The normalized spacial score (nSPS) is 31.9. The van der Waals surface area contributed by atoms with Crippen molar-refractivity contribution in [2.45, 2.75) is 19.0 Å². The quantitative estimate of drug-likeness (QED) is 0.435. The molecule has 0 aliphatic carbocycles. The predicted molar refractivity (Wildman–Crippen MR) is 44.1 cm³/mol. The molecule has 1 unspecified atom stereocenters. The van der Waals surface area contributed by atoms with Crippen LogP contribution in [0, 0.1) is 0 Å². The molecule has 0 aromatic heterocycles. The molecule has 0 aromatic rings. The summed E-state index contributed by atoms with van der Waals surface area (Å²) in [5.74, 6) is 0. The van der Waals surface area contributed by atoms with Gasteiger partial charge in [-0.1, -0.05) is 12.6 Å². The first kappa shape index (κ1) is 10.0. The topological polar surface area (TPSA) is 9.23 Å². The Balaban J connectivity index is 0.000000490. The van der Waals surface area contributed by atoms with E-state index in [1.165, 1.54) is 6.42 Å². The molecule has 0 spiro atoms. The van der Waals surface area contributed by atoms with Gasteiger partial charge in [-0.2, -0.15) is 0 Å². The number of hydrogen-bond donors (Lipinski definition) is 0. The SMILES string of the molecule is C[SiH]1CCCO[SiH2]1.[KH]. The van der Waals surface area contributed by atoms with Crippen molar-refractivity contribution in [1.82, 2.24) is 0 Å². The molecule has 1 rings (SSSR count). The summed E-state index contributed by atoms with van der Waals surface area (Å²) in [6.07, 6.45) is 1.36. The first-order chi connectivity index (χ1) is 3.39. The van der Waals surface area contributed by atoms with Crippen LogP contribution in [-0.4, -0.2) is 75.6 Å². The molecule has 0 saturated carbocycles. The van der Waals surface area contributed by atoms with Gasteiger partial charge >= 0.3 is 51.4 Å². The van der Waals surface area contributed by atoms with Crippen LogP contribution in [0.15, 0.2) is 0 Å². The molecule has 8 heavy (non-hydrogen) atoms. The molecule has 44 valence electrons. The molecule has 0 bridgehead atoms. The fraction of sp³-hybridized carbons (Fsp3) is 1.00. The zero-order chi connectivity index (χ0) is 5.11. The van der Waals surface area contributed by atoms with Crippen molar-refractivity contribution in [2.24, 2.45) is 0 Å². The van der Waals surface area contributed by atoms with Crippen LogP contribution in [0.1, 0.15) is 6.42 Å². The van der Waals surface area contributed by atoms with Gasteiger partial charge in [0.2, 0.25) is 0 Å². The predicted octanol–water partition coefficient (Wildman–Crippen LogP) is -0.804. The van der Waals surface area contributed by atoms with Gasteiger partial charge in [0.1, 0.15) is 9.28 Å². The molecule has 1 saturated heterocycles. The van der Waals surface area contributed by atoms with E-state index in [1.54, 1.807) is 6.04 Å². The van der Waals surface area contributed by atoms with Crippen molar-refractivity contribution in [2.75, 3.05) is 6.61 Å². The van der Waals surface area contributed by atoms with Crippen molar-refractivity contribution in [3.8, 4) is 0 Å². The van der Waals surface area contributed by atoms with Crippen molar-refractivity contribution in [1.29, 1.82) is 0 Å². The van der Waals surface area contributed by atoms with Gasteiger partial charge in [0, 0.05) is 6.61 Å². The van der Waals surface area contributed by atoms with Gasteiger partial charge in [0.05, 0.1) is 8.31 Å². The van der Waals surface area contributed by atoms with Crippen molar-refractivity contribution in [3.63, 3.8) is 0 Å². The Labute approximate surface area is 97.3 Å². The monoisotopic (exact) mass is 172 g/mol. The van der Waals surface area contributed by atoms with Gasteiger partial charge in [-0.25, -0.2) is 0 Å². The van der Waals surface area contributed by atoms with Gasteiger partial charge < -0.3 is 4.43 Å². The molecule has 0 radical (unpaired) electrons. The molecule has 1 nitrogen and oxygen atoms in total. The molecule has 1 atom stereocenters. The number of rotatable bonds is 0. The fourth-order valence-electron chi connectivity index (χ4n) is 0.902. The Hall–Kier alpha value is 2.03. The van der Waals surface area contributed by atoms with E-state index >= 15 is 0 Å². The van der Waals surface area contributed by atoms with Gasteiger partial charge in [-0.3, -0.25) is 0 Å². The van der Waals surface area contributed by atoms with Gasteiger partial charge in [0.15, 0.2) is 0 Å². The van der Waals surface area contributed by atoms with Gasteiger partial charge in [-0.05, 0) is 6.42 Å². The van der Waals surface area contributed by atoms with Crippen molar-refractivity contribution < 1.29 is 4.43 Å². The summed E-state index contributed by atoms with van der Waals surface area (Å²) in [6.45, 7) is 3.52. The van der Waals surface area contributed by atoms with Crippen LogP contribution >= 0.6 is 0 Å². The zero-order valence-electron chi connectivity index (χ0n) is 4.81. The minimum absolute atomic E-state index is 0. The second-order valence-electron chi connectivity index (χ2n) is 2.32. The van der Waals surface area contributed by atoms with Gasteiger partial charge in [-0.15, -0.1) is 0 Å². The Morgan fingerprint density at radius 2 is 2.38 bits per heavy atom. The molecule has 1 fully saturated rings. The Kier molecular flexibility index (Phi) is 7.26. The summed E-state index contributed by atoms with van der Waals surface area (Å²) in [4.78, 5) is 0. The third kappa shape index (κ3) is 3.94. The van der Waals surface area contributed by atoms with Crippen LogP contribution in [0.5, 0.6) is 0 Å². The maximum atomic E-state index is 5.38. The third-order valence-electron chi connectivity index (χ3n) is 1.39. The first-order valence-electron chi connectivity index (χ1n) is 2.97. The van der Waals surface area contributed by atoms with E-state index in [-0.39, 0.29) is 69.0 Å². The maximum absolute atomic E-state index is 5.38. The molecule has 0 amide bonds. The van der Waals surface area contributed by atoms with Crippen LogP contribution in [0.25, 0.3) is 0 Å². The molecule has 1 aliphatic rings. The van der Waals surface area contributed by atoms with E-state index in [0.29, 0.717) is 0 Å². The summed E-state index contributed by atoms with van der Waals surface area (Å²) in [6, 6.07) is 1.56. The van der Waals surface area contributed by atoms with Crippen molar-refractivity contribution in [3.05, 3.63) is 0 Å². The van der Waals surface area contributed by atoms with Crippen LogP contribution in [0.3, 0.4) is 0 Å². The molecule has 1 aliphatic heterocycles. The molecule has 0 N–H and O–H groups in total. The second kappa shape index (κ2) is 5.79. The van der Waals surface area contributed by atoms with Crippen LogP contribution in [0.2, 0.25) is 12.6 Å². The summed E-state index contributed by atoms with van der Waals surface area (Å²) < 4.78 is 5.38. The first-order valence-corrected chi connectivity index (χ1v) is 8.79. The minimum atomic E-state index is -0.178. The molecular formula is C4H13KOSi2. The fourth-order valence-corrected chi connectivity index (χ4v) is 5.78. The van der Waals surface area contributed by atoms with Crippen molar-refractivity contribution >= 4 is 69.0 Å². The average Bonchev–Trinajstić information content (AvgIpc) is 1.69. The average molecular weight is 172 g/mol. The van der Waals surface area contributed by atoms with E-state index in [1.807, 2.05) is 0 Å². The Morgan fingerprint density at radius 3 is 2.62 bits per heavy atom. The number of hydrogen-bond acceptors (Lipinski definition) is 1. The van der Waals surface area contributed by atoms with Crippen LogP contribution in [-0.2, 0) is 4.43 Å². The van der Waals surface area contributed by atoms with E-state index in [2.05, 4.69) is 6.55 Å². The molecule has 4 heteroatoms. The zero-order valence-corrected chi connectivity index (χ0v) is 7.38. The van der Waals surface area contributed by atoms with E-state index in [0.717, 1.165) is 6.61 Å². The standard InChI is InChI=1S/C4H12OSi2.K.H/c1-7-4-2-3-5-6-7;;/h7H,2-4,6H2,1H3;;. The second-order valence-corrected chi connectivity index (χ2v) is 11.0. The Morgan fingerprint density at radius 1 is 1.62 bits per heavy atom. The summed E-state index contributed by atoms with van der Waals surface area (Å²) in [7, 11) is -0.106. The van der Waals surface area contributed by atoms with Gasteiger partial charge in [0.25, 0.3) is 0 Å². The van der Waals surface area contributed by atoms with E-state index < -0.39 is 0 Å². The van der Waals surface area contributed by atoms with Crippen LogP contribution in [0.4, 0.5) is 0 Å². The summed E-state index contributed by atoms with van der Waals surface area (Å²) >= 11 is 0. The van der Waals surface area contributed by atoms with Crippen LogP contribution < -0.4 is 0 Å². The molecular weight excluding hydrogens is 159 g/mol. The Bertz CT molecular complexity index is 56.0.